The zero-order valence-corrected chi connectivity index (χ0v) is 10.8. The molecule has 6 heteroatoms. The first-order valence-electron chi connectivity index (χ1n) is 4.89. The third-order valence-electron chi connectivity index (χ3n) is 2.06. The molecule has 0 atom stereocenters. The molecule has 94 valence electrons. The monoisotopic (exact) mass is 309 g/mol. The van der Waals surface area contributed by atoms with E-state index < -0.39 is 11.7 Å². The molecule has 0 unspecified atom stereocenters. The van der Waals surface area contributed by atoms with E-state index in [2.05, 4.69) is 21.2 Å². The van der Waals surface area contributed by atoms with Crippen molar-refractivity contribution in [3.63, 3.8) is 0 Å². The number of hydrogen-bond acceptors (Lipinski definition) is 1. The van der Waals surface area contributed by atoms with Gasteiger partial charge in [0.1, 0.15) is 0 Å². The van der Waals surface area contributed by atoms with Gasteiger partial charge in [0.05, 0.1) is 5.56 Å². The molecule has 0 radical (unpaired) electrons. The molecular formula is C11H11BrF3NO. The van der Waals surface area contributed by atoms with Gasteiger partial charge in [-0.3, -0.25) is 4.79 Å². The molecular weight excluding hydrogens is 299 g/mol. The van der Waals surface area contributed by atoms with Crippen LogP contribution in [0.1, 0.15) is 19.4 Å². The van der Waals surface area contributed by atoms with Crippen LogP contribution < -0.4 is 5.32 Å². The summed E-state index contributed by atoms with van der Waals surface area (Å²) in [4.78, 5) is 11.4. The molecule has 0 saturated heterocycles. The fourth-order valence-corrected chi connectivity index (χ4v) is 1.58. The molecule has 0 heterocycles. The number of nitrogens with one attached hydrogen (secondary N) is 1. The van der Waals surface area contributed by atoms with Gasteiger partial charge in [0.25, 0.3) is 0 Å². The number of amides is 1. The van der Waals surface area contributed by atoms with Crippen molar-refractivity contribution in [3.8, 4) is 0 Å². The van der Waals surface area contributed by atoms with E-state index in [1.807, 2.05) is 0 Å². The number of alkyl halides is 3. The van der Waals surface area contributed by atoms with Crippen molar-refractivity contribution in [2.75, 3.05) is 5.32 Å². The van der Waals surface area contributed by atoms with Crippen molar-refractivity contribution in [1.29, 1.82) is 0 Å². The first-order chi connectivity index (χ1) is 7.71. The Hall–Kier alpha value is -1.04. The molecule has 0 fully saturated rings. The van der Waals surface area contributed by atoms with Gasteiger partial charge in [0.2, 0.25) is 5.91 Å². The third-order valence-corrected chi connectivity index (χ3v) is 2.76. The average molecular weight is 310 g/mol. The van der Waals surface area contributed by atoms with E-state index >= 15 is 0 Å². The highest BCUT2D eigenvalue weighted by atomic mass is 79.9. The zero-order valence-electron chi connectivity index (χ0n) is 9.23. The number of halogens is 4. The molecule has 0 spiro atoms. The topological polar surface area (TPSA) is 29.1 Å². The molecule has 1 aromatic carbocycles. The van der Waals surface area contributed by atoms with Gasteiger partial charge < -0.3 is 5.32 Å². The van der Waals surface area contributed by atoms with E-state index in [1.165, 1.54) is 12.1 Å². The van der Waals surface area contributed by atoms with Crippen LogP contribution in [0, 0.1) is 5.92 Å². The Morgan fingerprint density at radius 1 is 1.35 bits per heavy atom. The zero-order chi connectivity index (χ0) is 13.2. The summed E-state index contributed by atoms with van der Waals surface area (Å²) in [6.45, 7) is 3.33. The van der Waals surface area contributed by atoms with Crippen LogP contribution in [0.2, 0.25) is 0 Å². The summed E-state index contributed by atoms with van der Waals surface area (Å²) in [5.74, 6) is -0.603. The van der Waals surface area contributed by atoms with Crippen molar-refractivity contribution < 1.29 is 18.0 Å². The molecule has 0 aromatic heterocycles. The van der Waals surface area contributed by atoms with Gasteiger partial charge in [0, 0.05) is 16.1 Å². The number of carbonyl (C=O) groups is 1. The van der Waals surface area contributed by atoms with E-state index in [9.17, 15) is 18.0 Å². The maximum absolute atomic E-state index is 12.6. The number of carbonyl (C=O) groups excluding carboxylic acids is 1. The predicted molar refractivity (Wildman–Crippen MR) is 62.6 cm³/mol. The van der Waals surface area contributed by atoms with Crippen LogP contribution in [0.5, 0.6) is 0 Å². The highest BCUT2D eigenvalue weighted by molar-refractivity contribution is 9.10. The lowest BCUT2D eigenvalue weighted by atomic mass is 10.1. The quantitative estimate of drug-likeness (QED) is 0.877. The normalized spacial score (nSPS) is 11.7. The molecule has 1 aromatic rings. The van der Waals surface area contributed by atoms with Crippen molar-refractivity contribution in [1.82, 2.24) is 0 Å². The molecule has 17 heavy (non-hydrogen) atoms. The molecule has 1 rings (SSSR count). The summed E-state index contributed by atoms with van der Waals surface area (Å²) >= 11 is 2.83. The van der Waals surface area contributed by atoms with Gasteiger partial charge >= 0.3 is 6.18 Å². The second kappa shape index (κ2) is 5.08. The van der Waals surface area contributed by atoms with Gasteiger partial charge in [-0.15, -0.1) is 0 Å². The van der Waals surface area contributed by atoms with E-state index in [-0.39, 0.29) is 22.0 Å². The van der Waals surface area contributed by atoms with Crippen LogP contribution in [0.4, 0.5) is 18.9 Å². The van der Waals surface area contributed by atoms with Gasteiger partial charge in [-0.1, -0.05) is 29.8 Å². The number of hydrogen-bond donors (Lipinski definition) is 1. The molecule has 0 aliphatic heterocycles. The fraction of sp³-hybridized carbons (Fsp3) is 0.364. The summed E-state index contributed by atoms with van der Waals surface area (Å²) in [5, 5.41) is 2.42. The van der Waals surface area contributed by atoms with Crippen LogP contribution in [-0.2, 0) is 11.0 Å². The Balaban J connectivity index is 3.01. The minimum atomic E-state index is -4.45. The summed E-state index contributed by atoms with van der Waals surface area (Å²) in [7, 11) is 0. The van der Waals surface area contributed by atoms with Gasteiger partial charge in [-0.05, 0) is 18.2 Å². The number of rotatable bonds is 2. The van der Waals surface area contributed by atoms with Crippen LogP contribution in [0.15, 0.2) is 22.7 Å². The summed E-state index contributed by atoms with van der Waals surface area (Å²) in [6, 6.07) is 3.59. The largest absolute Gasteiger partial charge is 0.417 e. The van der Waals surface area contributed by atoms with E-state index in [0.717, 1.165) is 6.07 Å². The van der Waals surface area contributed by atoms with Crippen LogP contribution in [0.25, 0.3) is 0 Å². The van der Waals surface area contributed by atoms with Gasteiger partial charge in [-0.25, -0.2) is 0 Å². The van der Waals surface area contributed by atoms with E-state index in [0.29, 0.717) is 0 Å². The van der Waals surface area contributed by atoms with Gasteiger partial charge in [-0.2, -0.15) is 13.2 Å². The van der Waals surface area contributed by atoms with E-state index in [1.54, 1.807) is 13.8 Å². The minimum absolute atomic E-state index is 0.0486. The lowest BCUT2D eigenvalue weighted by Crippen LogP contribution is -2.18. The number of anilines is 1. The van der Waals surface area contributed by atoms with Crippen LogP contribution in [0.3, 0.4) is 0 Å². The molecule has 0 aliphatic carbocycles. The SMILES string of the molecule is CC(C)C(=O)Nc1ccc(Br)c(C(F)(F)F)c1. The molecule has 2 nitrogen and oxygen atoms in total. The Morgan fingerprint density at radius 3 is 2.41 bits per heavy atom. The van der Waals surface area contributed by atoms with Crippen molar-refractivity contribution in [3.05, 3.63) is 28.2 Å². The minimum Gasteiger partial charge on any atom is -0.326 e. The average Bonchev–Trinajstić information content (AvgIpc) is 2.19. The fourth-order valence-electron chi connectivity index (χ4n) is 1.11. The van der Waals surface area contributed by atoms with E-state index in [4.69, 9.17) is 0 Å². The van der Waals surface area contributed by atoms with Crippen LogP contribution >= 0.6 is 15.9 Å². The second-order valence-corrected chi connectivity index (χ2v) is 4.69. The van der Waals surface area contributed by atoms with Crippen molar-refractivity contribution >= 4 is 27.5 Å². The highest BCUT2D eigenvalue weighted by Crippen LogP contribution is 2.36. The van der Waals surface area contributed by atoms with Crippen molar-refractivity contribution in [2.24, 2.45) is 5.92 Å². The predicted octanol–water partition coefficient (Wildman–Crippen LogP) is 4.06. The molecule has 0 aliphatic rings. The molecule has 0 saturated carbocycles. The first kappa shape index (κ1) is 14.0. The highest BCUT2D eigenvalue weighted by Gasteiger charge is 2.33. The lowest BCUT2D eigenvalue weighted by molar-refractivity contribution is -0.138. The second-order valence-electron chi connectivity index (χ2n) is 3.84. The Kier molecular flexibility index (Phi) is 4.19. The maximum atomic E-state index is 12.6. The standard InChI is InChI=1S/C11H11BrF3NO/c1-6(2)10(17)16-7-3-4-9(12)8(5-7)11(13,14)15/h3-6H,1-2H3,(H,16,17). The Labute approximate surface area is 105 Å². The van der Waals surface area contributed by atoms with Crippen LogP contribution in [-0.4, -0.2) is 5.91 Å². The summed E-state index contributed by atoms with van der Waals surface area (Å²) < 4.78 is 37.7. The molecule has 1 amide bonds. The van der Waals surface area contributed by atoms with Crippen molar-refractivity contribution in [2.45, 2.75) is 20.0 Å². The Bertz CT molecular complexity index is 429. The summed E-state index contributed by atoms with van der Waals surface area (Å²) in [6.07, 6.45) is -4.45. The summed E-state index contributed by atoms with van der Waals surface area (Å²) in [5.41, 5.74) is -0.668. The molecule has 0 bridgehead atoms. The Morgan fingerprint density at radius 2 is 1.94 bits per heavy atom. The third kappa shape index (κ3) is 3.73. The lowest BCUT2D eigenvalue weighted by Gasteiger charge is -2.12. The first-order valence-corrected chi connectivity index (χ1v) is 5.68. The smallest absolute Gasteiger partial charge is 0.326 e. The number of benzene rings is 1. The molecule has 1 N–H and O–H groups in total. The maximum Gasteiger partial charge on any atom is 0.417 e. The van der Waals surface area contributed by atoms with Gasteiger partial charge in [0.15, 0.2) is 0 Å².